The number of hydrogen-bond acceptors (Lipinski definition) is 2. The van der Waals surface area contributed by atoms with Gasteiger partial charge in [0.05, 0.1) is 0 Å². The lowest BCUT2D eigenvalue weighted by molar-refractivity contribution is -0.117. The fourth-order valence-electron chi connectivity index (χ4n) is 0. The molecule has 0 aromatic carbocycles. The van der Waals surface area contributed by atoms with E-state index in [2.05, 4.69) is 9.24 Å². The molecule has 0 saturated heterocycles. The van der Waals surface area contributed by atoms with Crippen LogP contribution >= 0.6 is 31.8 Å². The van der Waals surface area contributed by atoms with Crippen LogP contribution in [0, 0.1) is 0 Å². The maximum absolute atomic E-state index is 10.1. The Labute approximate surface area is 57.5 Å². The average Bonchev–Trinajstić information content (AvgIpc) is 1.31. The average molecular weight is 232 g/mol. The van der Waals surface area contributed by atoms with Gasteiger partial charge in [-0.2, -0.15) is 0 Å². The second kappa shape index (κ2) is 2.24. The monoisotopic (exact) mass is 232 g/mol. The number of halogens is 1. The minimum absolute atomic E-state index is 0.530. The van der Waals surface area contributed by atoms with E-state index in [-0.39, 0.29) is 0 Å². The maximum atomic E-state index is 10.1. The smallest absolute Gasteiger partial charge is 0.251 e. The van der Waals surface area contributed by atoms with Crippen molar-refractivity contribution in [2.24, 2.45) is 11.5 Å². The molecule has 0 radical (unpaired) electrons. The Morgan fingerprint density at radius 2 is 2.00 bits per heavy atom. The fraction of sp³-hybridized carbons (Fsp3) is 0.500. The van der Waals surface area contributed by atoms with Gasteiger partial charge in [0.25, 0.3) is 5.91 Å². The Morgan fingerprint density at radius 1 is 1.86 bits per heavy atom. The molecule has 0 rings (SSSR count). The van der Waals surface area contributed by atoms with Crippen LogP contribution in [0.25, 0.3) is 0 Å². The van der Waals surface area contributed by atoms with Gasteiger partial charge in [-0.25, -0.2) is 0 Å². The molecule has 2 unspecified atom stereocenters. The van der Waals surface area contributed by atoms with Crippen LogP contribution in [-0.2, 0) is 4.79 Å². The first-order valence-corrected chi connectivity index (χ1v) is 3.17. The number of rotatable bonds is 1. The quantitative estimate of drug-likeness (QED) is 0.274. The van der Waals surface area contributed by atoms with Crippen LogP contribution in [-0.4, -0.2) is 9.19 Å². The standard InChI is InChI=1S/C2H6IN2OP/c3-2(5,7)1(4)6/h5,7H2,(H2,4,6). The first kappa shape index (κ1) is 7.59. The third-order valence-corrected chi connectivity index (χ3v) is 1.19. The Balaban J connectivity index is 3.79. The van der Waals surface area contributed by atoms with E-state index in [0.717, 1.165) is 0 Å². The minimum Gasteiger partial charge on any atom is -0.367 e. The lowest BCUT2D eigenvalue weighted by Gasteiger charge is -2.08. The van der Waals surface area contributed by atoms with Crippen molar-refractivity contribution in [2.45, 2.75) is 3.29 Å². The predicted octanol–water partition coefficient (Wildman–Crippen LogP) is -0.606. The number of hydrogen-bond donors (Lipinski definition) is 2. The number of nitrogens with two attached hydrogens (primary N) is 2. The van der Waals surface area contributed by atoms with Crippen molar-refractivity contribution in [3.8, 4) is 0 Å². The molecular weight excluding hydrogens is 226 g/mol. The summed E-state index contributed by atoms with van der Waals surface area (Å²) >= 11 is 1.73. The molecule has 1 amide bonds. The van der Waals surface area contributed by atoms with Gasteiger partial charge in [0, 0.05) is 0 Å². The summed E-state index contributed by atoms with van der Waals surface area (Å²) in [5, 5.41) is 0. The van der Waals surface area contributed by atoms with Crippen molar-refractivity contribution in [3.63, 3.8) is 0 Å². The fourth-order valence-corrected chi connectivity index (χ4v) is 0. The summed E-state index contributed by atoms with van der Waals surface area (Å²) in [6.45, 7) is 0. The van der Waals surface area contributed by atoms with Crippen LogP contribution in [0.3, 0.4) is 0 Å². The highest BCUT2D eigenvalue weighted by atomic mass is 127. The minimum atomic E-state index is -0.974. The van der Waals surface area contributed by atoms with E-state index in [1.165, 1.54) is 0 Å². The van der Waals surface area contributed by atoms with Crippen LogP contribution in [0.4, 0.5) is 0 Å². The molecule has 42 valence electrons. The van der Waals surface area contributed by atoms with Crippen molar-refractivity contribution < 1.29 is 4.79 Å². The Morgan fingerprint density at radius 3 is 2.00 bits per heavy atom. The zero-order valence-corrected chi connectivity index (χ0v) is 6.83. The van der Waals surface area contributed by atoms with Crippen LogP contribution in [0.15, 0.2) is 0 Å². The molecule has 0 heterocycles. The van der Waals surface area contributed by atoms with Gasteiger partial charge in [0.2, 0.25) is 0 Å². The first-order valence-electron chi connectivity index (χ1n) is 1.51. The summed E-state index contributed by atoms with van der Waals surface area (Å²) in [6, 6.07) is 0. The second-order valence-corrected chi connectivity index (χ2v) is 5.00. The lowest BCUT2D eigenvalue weighted by Crippen LogP contribution is -2.40. The summed E-state index contributed by atoms with van der Waals surface area (Å²) in [6.07, 6.45) is 0. The molecule has 0 bridgehead atoms. The highest BCUT2D eigenvalue weighted by Crippen LogP contribution is 2.17. The molecule has 5 heteroatoms. The summed E-state index contributed by atoms with van der Waals surface area (Å²) in [5.74, 6) is -0.530. The van der Waals surface area contributed by atoms with Gasteiger partial charge < -0.3 is 11.5 Å². The molecule has 0 aromatic heterocycles. The number of amides is 1. The van der Waals surface area contributed by atoms with E-state index < -0.39 is 9.19 Å². The van der Waals surface area contributed by atoms with Gasteiger partial charge in [-0.3, -0.25) is 4.79 Å². The molecule has 2 atom stereocenters. The van der Waals surface area contributed by atoms with E-state index in [0.29, 0.717) is 0 Å². The lowest BCUT2D eigenvalue weighted by atomic mass is 10.6. The SMILES string of the molecule is NC(=O)C(N)(P)I. The third-order valence-electron chi connectivity index (χ3n) is 0.378. The highest BCUT2D eigenvalue weighted by molar-refractivity contribution is 14.1. The van der Waals surface area contributed by atoms with Crippen molar-refractivity contribution in [3.05, 3.63) is 0 Å². The van der Waals surface area contributed by atoms with E-state index in [4.69, 9.17) is 11.5 Å². The second-order valence-electron chi connectivity index (χ2n) is 1.13. The maximum Gasteiger partial charge on any atom is 0.251 e. The van der Waals surface area contributed by atoms with Crippen molar-refractivity contribution in [1.29, 1.82) is 0 Å². The molecule has 3 nitrogen and oxygen atoms in total. The van der Waals surface area contributed by atoms with E-state index in [1.54, 1.807) is 22.6 Å². The van der Waals surface area contributed by atoms with E-state index in [9.17, 15) is 4.79 Å². The molecule has 0 fully saturated rings. The summed E-state index contributed by atoms with van der Waals surface area (Å²) in [5.41, 5.74) is 9.93. The van der Waals surface area contributed by atoms with Crippen molar-refractivity contribution in [2.75, 3.05) is 0 Å². The molecule has 0 aromatic rings. The van der Waals surface area contributed by atoms with E-state index >= 15 is 0 Å². The first-order chi connectivity index (χ1) is 2.94. The van der Waals surface area contributed by atoms with Crippen LogP contribution in [0.5, 0.6) is 0 Å². The highest BCUT2D eigenvalue weighted by Gasteiger charge is 2.19. The van der Waals surface area contributed by atoms with E-state index in [1.807, 2.05) is 0 Å². The summed E-state index contributed by atoms with van der Waals surface area (Å²) in [7, 11) is 2.12. The van der Waals surface area contributed by atoms with Crippen LogP contribution in [0.2, 0.25) is 0 Å². The van der Waals surface area contributed by atoms with Gasteiger partial charge in [-0.15, -0.1) is 0 Å². The molecule has 0 saturated carbocycles. The normalized spacial score (nSPS) is 18.1. The Hall–Kier alpha value is 0.590. The number of carbonyl (C=O) groups excluding carboxylic acids is 1. The molecule has 0 spiro atoms. The molecule has 0 aliphatic heterocycles. The van der Waals surface area contributed by atoms with Gasteiger partial charge >= 0.3 is 0 Å². The molecular formula is C2H6IN2OP. The molecule has 7 heavy (non-hydrogen) atoms. The largest absolute Gasteiger partial charge is 0.367 e. The van der Waals surface area contributed by atoms with Gasteiger partial charge in [0.1, 0.15) is 0 Å². The number of primary amides is 1. The third kappa shape index (κ3) is 3.20. The van der Waals surface area contributed by atoms with Gasteiger partial charge in [0.15, 0.2) is 3.29 Å². The molecule has 0 aliphatic rings. The Kier molecular flexibility index (Phi) is 2.43. The number of carbonyl (C=O) groups is 1. The zero-order valence-electron chi connectivity index (χ0n) is 3.52. The molecule has 4 N–H and O–H groups in total. The zero-order chi connectivity index (χ0) is 6.08. The Bertz CT molecular complexity index is 88.2. The van der Waals surface area contributed by atoms with Crippen LogP contribution < -0.4 is 11.5 Å². The van der Waals surface area contributed by atoms with Crippen molar-refractivity contribution >= 4 is 37.7 Å². The summed E-state index contributed by atoms with van der Waals surface area (Å²) < 4.78 is -0.974. The van der Waals surface area contributed by atoms with Gasteiger partial charge in [-0.05, 0) is 22.6 Å². The van der Waals surface area contributed by atoms with Crippen LogP contribution in [0.1, 0.15) is 0 Å². The summed E-state index contributed by atoms with van der Waals surface area (Å²) in [4.78, 5) is 10.1. The topological polar surface area (TPSA) is 69.1 Å². The number of alkyl halides is 1. The molecule has 0 aliphatic carbocycles. The van der Waals surface area contributed by atoms with Gasteiger partial charge in [-0.1, -0.05) is 9.24 Å². The van der Waals surface area contributed by atoms with Crippen molar-refractivity contribution in [1.82, 2.24) is 0 Å². The predicted molar refractivity (Wildman–Crippen MR) is 39.8 cm³/mol.